The van der Waals surface area contributed by atoms with Crippen LogP contribution in [0.1, 0.15) is 19.8 Å². The minimum atomic E-state index is -3.51. The van der Waals surface area contributed by atoms with E-state index in [4.69, 9.17) is 4.74 Å². The van der Waals surface area contributed by atoms with Crippen molar-refractivity contribution in [2.24, 2.45) is 0 Å². The van der Waals surface area contributed by atoms with Crippen LogP contribution in [-0.4, -0.2) is 33.6 Å². The van der Waals surface area contributed by atoms with Gasteiger partial charge in [-0.2, -0.15) is 0 Å². The summed E-state index contributed by atoms with van der Waals surface area (Å²) >= 11 is 0. The Kier molecular flexibility index (Phi) is 4.42. The summed E-state index contributed by atoms with van der Waals surface area (Å²) in [6.07, 6.45) is 1.15. The molecule has 0 radical (unpaired) electrons. The molecule has 1 saturated carbocycles. The number of rotatable bonds is 6. The van der Waals surface area contributed by atoms with Crippen molar-refractivity contribution in [2.75, 3.05) is 12.4 Å². The number of carbonyl (C=O) groups is 1. The lowest BCUT2D eigenvalue weighted by molar-refractivity contribution is -0.124. The monoisotopic (exact) mass is 298 g/mol. The normalized spacial score (nSPS) is 16.7. The Morgan fingerprint density at radius 2 is 2.10 bits per heavy atom. The molecule has 20 heavy (non-hydrogen) atoms. The fourth-order valence-electron chi connectivity index (χ4n) is 1.58. The van der Waals surface area contributed by atoms with Gasteiger partial charge < -0.3 is 10.1 Å². The number of sulfonamides is 1. The molecule has 1 atom stereocenters. The predicted octanol–water partition coefficient (Wildman–Crippen LogP) is 1.10. The fraction of sp³-hybridized carbons (Fsp3) is 0.462. The number of hydrogen-bond donors (Lipinski definition) is 2. The van der Waals surface area contributed by atoms with Crippen LogP contribution in [0.5, 0.6) is 0 Å². The number of hydrogen-bond acceptors (Lipinski definition) is 4. The van der Waals surface area contributed by atoms with Crippen LogP contribution >= 0.6 is 0 Å². The van der Waals surface area contributed by atoms with E-state index in [-0.39, 0.29) is 16.8 Å². The molecular formula is C13H18N2O4S. The van der Waals surface area contributed by atoms with Gasteiger partial charge in [-0.15, -0.1) is 0 Å². The molecule has 7 heteroatoms. The molecular weight excluding hydrogens is 280 g/mol. The van der Waals surface area contributed by atoms with Gasteiger partial charge >= 0.3 is 0 Å². The first-order valence-electron chi connectivity index (χ1n) is 6.38. The van der Waals surface area contributed by atoms with Crippen molar-refractivity contribution >= 4 is 21.6 Å². The number of methoxy groups -OCH3 is 1. The highest BCUT2D eigenvalue weighted by molar-refractivity contribution is 7.89. The largest absolute Gasteiger partial charge is 0.372 e. The smallest absolute Gasteiger partial charge is 0.253 e. The molecule has 1 aromatic rings. The number of benzene rings is 1. The molecule has 1 amide bonds. The summed E-state index contributed by atoms with van der Waals surface area (Å²) in [6.45, 7) is 1.62. The highest BCUT2D eigenvalue weighted by Gasteiger charge is 2.28. The van der Waals surface area contributed by atoms with Gasteiger partial charge in [-0.05, 0) is 38.0 Å². The van der Waals surface area contributed by atoms with Gasteiger partial charge in [-0.25, -0.2) is 13.1 Å². The van der Waals surface area contributed by atoms with E-state index in [9.17, 15) is 13.2 Å². The summed E-state index contributed by atoms with van der Waals surface area (Å²) in [5.74, 6) is -0.322. The average molecular weight is 298 g/mol. The van der Waals surface area contributed by atoms with Crippen LogP contribution in [0, 0.1) is 0 Å². The minimum Gasteiger partial charge on any atom is -0.372 e. The van der Waals surface area contributed by atoms with Crippen LogP contribution in [0.3, 0.4) is 0 Å². The summed E-state index contributed by atoms with van der Waals surface area (Å²) < 4.78 is 31.6. The maximum Gasteiger partial charge on any atom is 0.253 e. The van der Waals surface area contributed by atoms with Crippen LogP contribution in [0.25, 0.3) is 0 Å². The summed E-state index contributed by atoms with van der Waals surface area (Å²) in [4.78, 5) is 11.8. The van der Waals surface area contributed by atoms with Crippen molar-refractivity contribution in [1.82, 2.24) is 4.72 Å². The van der Waals surface area contributed by atoms with Crippen molar-refractivity contribution in [3.05, 3.63) is 24.3 Å². The SMILES string of the molecule is COC(C)C(=O)Nc1cccc(S(=O)(=O)NC2CC2)c1. The topological polar surface area (TPSA) is 84.5 Å². The molecule has 0 saturated heterocycles. The molecule has 1 unspecified atom stereocenters. The zero-order chi connectivity index (χ0) is 14.8. The number of ether oxygens (including phenoxy) is 1. The number of anilines is 1. The highest BCUT2D eigenvalue weighted by atomic mass is 32.2. The molecule has 0 bridgehead atoms. The standard InChI is InChI=1S/C13H18N2O4S/c1-9(19-2)13(16)14-11-4-3-5-12(8-11)20(17,18)15-10-6-7-10/h3-5,8-10,15H,6-7H2,1-2H3,(H,14,16). The van der Waals surface area contributed by atoms with Gasteiger partial charge in [0.25, 0.3) is 5.91 Å². The molecule has 1 aliphatic carbocycles. The van der Waals surface area contributed by atoms with Gasteiger partial charge in [0.1, 0.15) is 6.10 Å². The van der Waals surface area contributed by atoms with Crippen molar-refractivity contribution in [3.63, 3.8) is 0 Å². The first kappa shape index (κ1) is 15.0. The maximum absolute atomic E-state index is 12.1. The van der Waals surface area contributed by atoms with E-state index >= 15 is 0 Å². The third-order valence-electron chi connectivity index (χ3n) is 3.03. The summed E-state index contributed by atoms with van der Waals surface area (Å²) in [7, 11) is -2.08. The number of nitrogens with one attached hydrogen (secondary N) is 2. The fourth-order valence-corrected chi connectivity index (χ4v) is 2.93. The van der Waals surface area contributed by atoms with E-state index in [1.807, 2.05) is 0 Å². The first-order chi connectivity index (χ1) is 9.42. The number of carbonyl (C=O) groups excluding carboxylic acids is 1. The quantitative estimate of drug-likeness (QED) is 0.823. The average Bonchev–Trinajstić information content (AvgIpc) is 3.21. The van der Waals surface area contributed by atoms with E-state index in [0.29, 0.717) is 5.69 Å². The van der Waals surface area contributed by atoms with Crippen molar-refractivity contribution in [1.29, 1.82) is 0 Å². The summed E-state index contributed by atoms with van der Waals surface area (Å²) in [5, 5.41) is 2.62. The second-order valence-corrected chi connectivity index (χ2v) is 6.50. The molecule has 0 aromatic heterocycles. The molecule has 1 fully saturated rings. The Bertz CT molecular complexity index is 596. The Balaban J connectivity index is 2.13. The highest BCUT2D eigenvalue weighted by Crippen LogP contribution is 2.23. The van der Waals surface area contributed by atoms with E-state index in [1.54, 1.807) is 19.1 Å². The van der Waals surface area contributed by atoms with Gasteiger partial charge in [-0.3, -0.25) is 4.79 Å². The van der Waals surface area contributed by atoms with E-state index < -0.39 is 16.1 Å². The predicted molar refractivity (Wildman–Crippen MR) is 74.9 cm³/mol. The zero-order valence-electron chi connectivity index (χ0n) is 11.4. The van der Waals surface area contributed by atoms with Crippen LogP contribution < -0.4 is 10.0 Å². The van der Waals surface area contributed by atoms with Crippen molar-refractivity contribution in [2.45, 2.75) is 36.8 Å². The van der Waals surface area contributed by atoms with E-state index in [0.717, 1.165) is 12.8 Å². The Morgan fingerprint density at radius 3 is 2.70 bits per heavy atom. The van der Waals surface area contributed by atoms with Crippen LogP contribution in [0.15, 0.2) is 29.2 Å². The zero-order valence-corrected chi connectivity index (χ0v) is 12.2. The first-order valence-corrected chi connectivity index (χ1v) is 7.87. The maximum atomic E-state index is 12.1. The van der Waals surface area contributed by atoms with Crippen LogP contribution in [-0.2, 0) is 19.6 Å². The van der Waals surface area contributed by atoms with Crippen molar-refractivity contribution in [3.8, 4) is 0 Å². The molecule has 1 aromatic carbocycles. The van der Waals surface area contributed by atoms with Gasteiger partial charge in [0.05, 0.1) is 4.90 Å². The minimum absolute atomic E-state index is 0.0479. The molecule has 0 heterocycles. The molecule has 0 spiro atoms. The van der Waals surface area contributed by atoms with Gasteiger partial charge in [0.15, 0.2) is 0 Å². The lowest BCUT2D eigenvalue weighted by Gasteiger charge is -2.11. The Morgan fingerprint density at radius 1 is 1.40 bits per heavy atom. The van der Waals surface area contributed by atoms with Gasteiger partial charge in [-0.1, -0.05) is 6.07 Å². The Labute approximate surface area is 118 Å². The molecule has 1 aliphatic rings. The molecule has 0 aliphatic heterocycles. The van der Waals surface area contributed by atoms with Crippen LogP contribution in [0.2, 0.25) is 0 Å². The third kappa shape index (κ3) is 3.78. The number of amides is 1. The van der Waals surface area contributed by atoms with E-state index in [1.165, 1.54) is 19.2 Å². The van der Waals surface area contributed by atoms with E-state index in [2.05, 4.69) is 10.0 Å². The molecule has 2 N–H and O–H groups in total. The lowest BCUT2D eigenvalue weighted by atomic mass is 10.3. The van der Waals surface area contributed by atoms with Crippen molar-refractivity contribution < 1.29 is 17.9 Å². The van der Waals surface area contributed by atoms with Gasteiger partial charge in [0.2, 0.25) is 10.0 Å². The second-order valence-electron chi connectivity index (χ2n) is 4.79. The van der Waals surface area contributed by atoms with Gasteiger partial charge in [0, 0.05) is 18.8 Å². The second kappa shape index (κ2) is 5.90. The van der Waals surface area contributed by atoms with Crippen LogP contribution in [0.4, 0.5) is 5.69 Å². The third-order valence-corrected chi connectivity index (χ3v) is 4.55. The summed E-state index contributed by atoms with van der Waals surface area (Å²) in [5.41, 5.74) is 0.428. The summed E-state index contributed by atoms with van der Waals surface area (Å²) in [6, 6.07) is 6.21. The lowest BCUT2D eigenvalue weighted by Crippen LogP contribution is -2.27. The molecule has 6 nitrogen and oxygen atoms in total. The molecule has 2 rings (SSSR count). The molecule has 110 valence electrons. The Hall–Kier alpha value is -1.44.